The summed E-state index contributed by atoms with van der Waals surface area (Å²) in [6, 6.07) is 4.80. The standard InChI is InChI=1S/C10H13BrN2O3/c1-7(6-16-2)12-9-5-8(11)3-4-10(9)13(14)15/h3-5,7,12H,6H2,1-2H3/t7-/m1/s1. The Morgan fingerprint density at radius 1 is 1.62 bits per heavy atom. The Hall–Kier alpha value is -1.14. The van der Waals surface area contributed by atoms with Gasteiger partial charge in [0.2, 0.25) is 0 Å². The van der Waals surface area contributed by atoms with E-state index in [9.17, 15) is 10.1 Å². The summed E-state index contributed by atoms with van der Waals surface area (Å²) in [5, 5.41) is 13.8. The van der Waals surface area contributed by atoms with Crippen molar-refractivity contribution in [2.24, 2.45) is 0 Å². The summed E-state index contributed by atoms with van der Waals surface area (Å²) < 4.78 is 5.76. The maximum atomic E-state index is 10.8. The molecule has 0 saturated carbocycles. The predicted octanol–water partition coefficient (Wildman–Crippen LogP) is 2.80. The summed E-state index contributed by atoms with van der Waals surface area (Å²) in [5.41, 5.74) is 0.551. The van der Waals surface area contributed by atoms with Crippen LogP contribution in [0.25, 0.3) is 0 Å². The van der Waals surface area contributed by atoms with Gasteiger partial charge in [-0.25, -0.2) is 0 Å². The van der Waals surface area contributed by atoms with Gasteiger partial charge in [0.05, 0.1) is 11.5 Å². The SMILES string of the molecule is COC[C@@H](C)Nc1cc(Br)ccc1[N+](=O)[O-]. The molecule has 0 aliphatic heterocycles. The van der Waals surface area contributed by atoms with E-state index in [2.05, 4.69) is 21.2 Å². The van der Waals surface area contributed by atoms with Gasteiger partial charge >= 0.3 is 0 Å². The lowest BCUT2D eigenvalue weighted by Gasteiger charge is -2.14. The number of nitrogens with zero attached hydrogens (tertiary/aromatic N) is 1. The molecule has 1 N–H and O–H groups in total. The van der Waals surface area contributed by atoms with Crippen molar-refractivity contribution in [1.29, 1.82) is 0 Å². The van der Waals surface area contributed by atoms with E-state index >= 15 is 0 Å². The molecule has 0 bridgehead atoms. The lowest BCUT2D eigenvalue weighted by molar-refractivity contribution is -0.384. The fraction of sp³-hybridized carbons (Fsp3) is 0.400. The molecule has 1 rings (SSSR count). The molecule has 1 atom stereocenters. The molecule has 1 aromatic carbocycles. The molecule has 1 aromatic rings. The molecule has 0 aliphatic rings. The summed E-state index contributed by atoms with van der Waals surface area (Å²) in [7, 11) is 1.59. The van der Waals surface area contributed by atoms with Crippen molar-refractivity contribution < 1.29 is 9.66 Å². The number of hydrogen-bond acceptors (Lipinski definition) is 4. The van der Waals surface area contributed by atoms with Crippen LogP contribution in [-0.2, 0) is 4.74 Å². The van der Waals surface area contributed by atoms with Gasteiger partial charge in [-0.2, -0.15) is 0 Å². The predicted molar refractivity (Wildman–Crippen MR) is 65.8 cm³/mol. The molecular weight excluding hydrogens is 276 g/mol. The topological polar surface area (TPSA) is 64.4 Å². The first kappa shape index (κ1) is 12.9. The molecule has 0 fully saturated rings. The molecule has 0 heterocycles. The quantitative estimate of drug-likeness (QED) is 0.668. The molecule has 0 amide bonds. The summed E-state index contributed by atoms with van der Waals surface area (Å²) in [5.74, 6) is 0. The van der Waals surface area contributed by atoms with E-state index in [1.807, 2.05) is 6.92 Å². The number of methoxy groups -OCH3 is 1. The first-order chi connectivity index (χ1) is 7.54. The zero-order valence-electron chi connectivity index (χ0n) is 9.07. The highest BCUT2D eigenvalue weighted by molar-refractivity contribution is 9.10. The second-order valence-corrected chi connectivity index (χ2v) is 4.33. The Balaban J connectivity index is 2.92. The first-order valence-corrected chi connectivity index (χ1v) is 5.53. The molecule has 88 valence electrons. The minimum Gasteiger partial charge on any atom is -0.383 e. The summed E-state index contributed by atoms with van der Waals surface area (Å²) in [6.45, 7) is 2.39. The van der Waals surface area contributed by atoms with Gasteiger partial charge in [-0.3, -0.25) is 10.1 Å². The third-order valence-corrected chi connectivity index (χ3v) is 2.47. The molecule has 0 aromatic heterocycles. The van der Waals surface area contributed by atoms with Crippen LogP contribution in [0.3, 0.4) is 0 Å². The monoisotopic (exact) mass is 288 g/mol. The van der Waals surface area contributed by atoms with E-state index in [0.717, 1.165) is 4.47 Å². The van der Waals surface area contributed by atoms with Crippen molar-refractivity contribution in [2.45, 2.75) is 13.0 Å². The third kappa shape index (κ3) is 3.46. The van der Waals surface area contributed by atoms with E-state index < -0.39 is 4.92 Å². The van der Waals surface area contributed by atoms with Crippen LogP contribution in [0.5, 0.6) is 0 Å². The highest BCUT2D eigenvalue weighted by Crippen LogP contribution is 2.28. The summed E-state index contributed by atoms with van der Waals surface area (Å²) >= 11 is 3.28. The molecule has 0 aliphatic carbocycles. The minimum absolute atomic E-state index is 0.0120. The largest absolute Gasteiger partial charge is 0.383 e. The number of halogens is 1. The van der Waals surface area contributed by atoms with Crippen LogP contribution in [0, 0.1) is 10.1 Å². The van der Waals surface area contributed by atoms with E-state index in [4.69, 9.17) is 4.74 Å². The van der Waals surface area contributed by atoms with Gasteiger partial charge in [0.25, 0.3) is 5.69 Å². The van der Waals surface area contributed by atoms with E-state index in [0.29, 0.717) is 12.3 Å². The van der Waals surface area contributed by atoms with Crippen molar-refractivity contribution in [2.75, 3.05) is 19.0 Å². The minimum atomic E-state index is -0.408. The van der Waals surface area contributed by atoms with Gasteiger partial charge in [-0.05, 0) is 19.1 Å². The van der Waals surface area contributed by atoms with Crippen LogP contribution in [0.15, 0.2) is 22.7 Å². The average Bonchev–Trinajstić information content (AvgIpc) is 2.17. The van der Waals surface area contributed by atoms with E-state index in [1.54, 1.807) is 19.2 Å². The number of ether oxygens (including phenoxy) is 1. The molecule has 5 nitrogen and oxygen atoms in total. The van der Waals surface area contributed by atoms with Crippen molar-refractivity contribution in [3.8, 4) is 0 Å². The highest BCUT2D eigenvalue weighted by atomic mass is 79.9. The number of benzene rings is 1. The smallest absolute Gasteiger partial charge is 0.292 e. The molecule has 0 saturated heterocycles. The lowest BCUT2D eigenvalue weighted by atomic mass is 10.2. The Bertz CT molecular complexity index is 384. The maximum absolute atomic E-state index is 10.8. The number of nitrogens with one attached hydrogen (secondary N) is 1. The van der Waals surface area contributed by atoms with Crippen LogP contribution >= 0.6 is 15.9 Å². The first-order valence-electron chi connectivity index (χ1n) is 4.74. The van der Waals surface area contributed by atoms with E-state index in [1.165, 1.54) is 6.07 Å². The van der Waals surface area contributed by atoms with E-state index in [-0.39, 0.29) is 11.7 Å². The molecular formula is C10H13BrN2O3. The third-order valence-electron chi connectivity index (χ3n) is 1.97. The Labute approximate surface area is 102 Å². The molecule has 0 spiro atoms. The molecule has 16 heavy (non-hydrogen) atoms. The van der Waals surface area contributed by atoms with Crippen LogP contribution in [0.4, 0.5) is 11.4 Å². The van der Waals surface area contributed by atoms with Gasteiger partial charge in [0.1, 0.15) is 5.69 Å². The van der Waals surface area contributed by atoms with Crippen molar-refractivity contribution in [3.05, 3.63) is 32.8 Å². The zero-order chi connectivity index (χ0) is 12.1. The number of anilines is 1. The number of hydrogen-bond donors (Lipinski definition) is 1. The fourth-order valence-corrected chi connectivity index (χ4v) is 1.70. The van der Waals surface area contributed by atoms with Crippen molar-refractivity contribution >= 4 is 27.3 Å². The van der Waals surface area contributed by atoms with Gasteiger partial charge in [0, 0.05) is 23.7 Å². The Morgan fingerprint density at radius 3 is 2.88 bits per heavy atom. The second kappa shape index (κ2) is 5.81. The molecule has 0 unspecified atom stereocenters. The Morgan fingerprint density at radius 2 is 2.31 bits per heavy atom. The van der Waals surface area contributed by atoms with Gasteiger partial charge in [0.15, 0.2) is 0 Å². The van der Waals surface area contributed by atoms with Crippen LogP contribution < -0.4 is 5.32 Å². The normalized spacial score (nSPS) is 12.2. The van der Waals surface area contributed by atoms with Crippen molar-refractivity contribution in [3.63, 3.8) is 0 Å². The fourth-order valence-electron chi connectivity index (χ4n) is 1.34. The number of rotatable bonds is 5. The highest BCUT2D eigenvalue weighted by Gasteiger charge is 2.15. The summed E-state index contributed by atoms with van der Waals surface area (Å²) in [4.78, 5) is 10.4. The Kier molecular flexibility index (Phi) is 4.70. The van der Waals surface area contributed by atoms with Crippen LogP contribution in [-0.4, -0.2) is 24.7 Å². The summed E-state index contributed by atoms with van der Waals surface area (Å²) in [6.07, 6.45) is 0. The number of nitro benzene ring substituents is 1. The van der Waals surface area contributed by atoms with Crippen LogP contribution in [0.2, 0.25) is 0 Å². The lowest BCUT2D eigenvalue weighted by Crippen LogP contribution is -2.21. The van der Waals surface area contributed by atoms with Gasteiger partial charge in [-0.15, -0.1) is 0 Å². The number of nitro groups is 1. The zero-order valence-corrected chi connectivity index (χ0v) is 10.7. The molecule has 6 heteroatoms. The maximum Gasteiger partial charge on any atom is 0.292 e. The van der Waals surface area contributed by atoms with Gasteiger partial charge < -0.3 is 10.1 Å². The molecule has 0 radical (unpaired) electrons. The van der Waals surface area contributed by atoms with Gasteiger partial charge in [-0.1, -0.05) is 15.9 Å². The average molecular weight is 289 g/mol. The van der Waals surface area contributed by atoms with Crippen molar-refractivity contribution in [1.82, 2.24) is 0 Å². The second-order valence-electron chi connectivity index (χ2n) is 3.42. The van der Waals surface area contributed by atoms with Crippen LogP contribution in [0.1, 0.15) is 6.92 Å².